The molecule has 0 bridgehead atoms. The second-order valence-corrected chi connectivity index (χ2v) is 12.7. The minimum atomic E-state index is -1.43. The van der Waals surface area contributed by atoms with E-state index >= 15 is 0 Å². The number of aromatic nitrogens is 2. The highest BCUT2D eigenvalue weighted by Crippen LogP contribution is 2.51. The predicted octanol–water partition coefficient (Wildman–Crippen LogP) is 4.24. The fraction of sp³-hybridized carbons (Fsp3) is 0.216. The van der Waals surface area contributed by atoms with Crippen molar-refractivity contribution >= 4 is 23.5 Å². The van der Waals surface area contributed by atoms with Gasteiger partial charge in [-0.2, -0.15) is 4.98 Å². The molecule has 10 nitrogen and oxygen atoms in total. The van der Waals surface area contributed by atoms with Gasteiger partial charge < -0.3 is 30.1 Å². The van der Waals surface area contributed by atoms with Crippen LogP contribution in [0.4, 0.5) is 5.82 Å². The number of aliphatic hydroxyl groups excluding tert-OH is 3. The molecule has 5 atom stereocenters. The van der Waals surface area contributed by atoms with Crippen molar-refractivity contribution in [1.82, 2.24) is 9.55 Å². The second kappa shape index (κ2) is 14.0. The van der Waals surface area contributed by atoms with E-state index in [4.69, 9.17) is 9.47 Å². The summed E-state index contributed by atoms with van der Waals surface area (Å²) in [6, 6.07) is 34.2. The maximum atomic E-state index is 13.3. The van der Waals surface area contributed by atoms with E-state index in [1.165, 1.54) is 16.8 Å². The van der Waals surface area contributed by atoms with Crippen molar-refractivity contribution in [3.8, 4) is 11.5 Å². The third-order valence-corrected chi connectivity index (χ3v) is 10.4. The van der Waals surface area contributed by atoms with Crippen LogP contribution in [-0.4, -0.2) is 68.6 Å². The molecular formula is C37H35N3O7S. The van der Waals surface area contributed by atoms with Crippen LogP contribution in [0.5, 0.6) is 11.5 Å². The number of carbonyl (C=O) groups excluding carboxylic acids is 1. The molecule has 0 spiro atoms. The van der Waals surface area contributed by atoms with Gasteiger partial charge in [0.05, 0.1) is 37.1 Å². The van der Waals surface area contributed by atoms with Crippen molar-refractivity contribution in [1.29, 1.82) is 0 Å². The first-order valence-corrected chi connectivity index (χ1v) is 16.2. The summed E-state index contributed by atoms with van der Waals surface area (Å²) in [7, 11) is 3.15. The number of aliphatic hydroxyl groups is 3. The molecule has 2 heterocycles. The number of carbonyl (C=O) groups is 1. The number of hydrogen-bond acceptors (Lipinski definition) is 9. The summed E-state index contributed by atoms with van der Waals surface area (Å²) < 4.78 is 12.0. The van der Waals surface area contributed by atoms with E-state index in [9.17, 15) is 24.9 Å². The Bertz CT molecular complexity index is 1860. The Morgan fingerprint density at radius 1 is 0.792 bits per heavy atom. The Hall–Kier alpha value is -4.94. The van der Waals surface area contributed by atoms with E-state index in [1.54, 1.807) is 44.6 Å². The van der Waals surface area contributed by atoms with E-state index in [0.717, 1.165) is 28.5 Å². The van der Waals surface area contributed by atoms with Crippen LogP contribution in [0.25, 0.3) is 0 Å². The molecule has 1 saturated heterocycles. The Balaban J connectivity index is 1.39. The molecule has 1 aliphatic heterocycles. The van der Waals surface area contributed by atoms with Gasteiger partial charge in [0.2, 0.25) is 0 Å². The normalized spacial score (nSPS) is 19.8. The number of rotatable bonds is 10. The van der Waals surface area contributed by atoms with Crippen LogP contribution in [0.2, 0.25) is 0 Å². The summed E-state index contributed by atoms with van der Waals surface area (Å²) in [4.78, 5) is 29.9. The zero-order valence-electron chi connectivity index (χ0n) is 26.2. The average molecular weight is 666 g/mol. The van der Waals surface area contributed by atoms with E-state index in [2.05, 4.69) is 10.3 Å². The molecule has 1 fully saturated rings. The Kier molecular flexibility index (Phi) is 9.65. The van der Waals surface area contributed by atoms with Crippen molar-refractivity contribution < 1.29 is 29.6 Å². The largest absolute Gasteiger partial charge is 0.497 e. The molecule has 11 heteroatoms. The summed E-state index contributed by atoms with van der Waals surface area (Å²) in [6.07, 6.45) is -2.78. The molecular weight excluding hydrogens is 630 g/mol. The molecule has 48 heavy (non-hydrogen) atoms. The van der Waals surface area contributed by atoms with Gasteiger partial charge in [-0.25, -0.2) is 4.79 Å². The maximum Gasteiger partial charge on any atom is 0.350 e. The Labute approximate surface area is 281 Å². The van der Waals surface area contributed by atoms with Gasteiger partial charge in [0, 0.05) is 11.8 Å². The lowest BCUT2D eigenvalue weighted by atomic mass is 9.64. The molecule has 1 unspecified atom stereocenters. The van der Waals surface area contributed by atoms with Crippen LogP contribution in [-0.2, 0) is 5.41 Å². The standard InChI is InChI=1S/C37H35N3O7S/c1-46-27-17-13-25(14-18-27)37(24-11-7-4-8-12-24,26-15-19-28(47-2)20-16-26)33(43)32-30(41)31(42)35(48-32)40-22-21-29(39-36(40)45)38-34(44)23-9-5-3-6-10-23/h3-22,30-33,35,41-43H,1-2H3,(H,38,39,44,45)/t30-,31+,32-,33?,35+/m0/s1. The van der Waals surface area contributed by atoms with Crippen LogP contribution in [0.15, 0.2) is 126 Å². The molecule has 6 rings (SSSR count). The Morgan fingerprint density at radius 2 is 1.31 bits per heavy atom. The predicted molar refractivity (Wildman–Crippen MR) is 184 cm³/mol. The van der Waals surface area contributed by atoms with Gasteiger partial charge >= 0.3 is 5.69 Å². The zero-order valence-corrected chi connectivity index (χ0v) is 27.0. The van der Waals surface area contributed by atoms with Gasteiger partial charge in [-0.05, 0) is 59.2 Å². The summed E-state index contributed by atoms with van der Waals surface area (Å²) in [6.45, 7) is 0. The third-order valence-electron chi connectivity index (χ3n) is 8.73. The quantitative estimate of drug-likeness (QED) is 0.161. The zero-order chi connectivity index (χ0) is 33.8. The summed E-state index contributed by atoms with van der Waals surface area (Å²) in [5.41, 5.74) is 0.601. The van der Waals surface area contributed by atoms with E-state index < -0.39 is 45.9 Å². The van der Waals surface area contributed by atoms with Gasteiger partial charge in [-0.3, -0.25) is 9.36 Å². The average Bonchev–Trinajstić information content (AvgIpc) is 3.42. The SMILES string of the molecule is COc1ccc(C(c2ccccc2)(c2ccc(OC)cc2)C(O)[C@H]2S[C@@H](n3ccc(NC(=O)c4ccccc4)nc3=O)[C@H](O)[C@@H]2O)cc1. The van der Waals surface area contributed by atoms with Crippen molar-refractivity contribution in [3.63, 3.8) is 0 Å². The molecule has 1 aliphatic rings. The molecule has 0 aliphatic carbocycles. The highest BCUT2D eigenvalue weighted by molar-refractivity contribution is 8.00. The fourth-order valence-electron chi connectivity index (χ4n) is 6.30. The lowest BCUT2D eigenvalue weighted by molar-refractivity contribution is -0.0122. The number of anilines is 1. The smallest absolute Gasteiger partial charge is 0.350 e. The second-order valence-electron chi connectivity index (χ2n) is 11.4. The van der Waals surface area contributed by atoms with Crippen LogP contribution >= 0.6 is 11.8 Å². The van der Waals surface area contributed by atoms with E-state index in [1.807, 2.05) is 78.9 Å². The van der Waals surface area contributed by atoms with Crippen LogP contribution in [0.1, 0.15) is 32.4 Å². The lowest BCUT2D eigenvalue weighted by Gasteiger charge is -2.43. The summed E-state index contributed by atoms with van der Waals surface area (Å²) in [5.74, 6) is 0.877. The van der Waals surface area contributed by atoms with Gasteiger partial charge in [0.25, 0.3) is 5.91 Å². The van der Waals surface area contributed by atoms with E-state index in [-0.39, 0.29) is 5.82 Å². The van der Waals surface area contributed by atoms with Crippen molar-refractivity contribution in [3.05, 3.63) is 154 Å². The third kappa shape index (κ3) is 6.09. The number of amides is 1. The first kappa shape index (κ1) is 33.0. The molecule has 246 valence electrons. The highest BCUT2D eigenvalue weighted by atomic mass is 32.2. The molecule has 5 aromatic rings. The van der Waals surface area contributed by atoms with Gasteiger partial charge in [-0.1, -0.05) is 72.8 Å². The van der Waals surface area contributed by atoms with Gasteiger partial charge in [0.15, 0.2) is 0 Å². The van der Waals surface area contributed by atoms with Crippen LogP contribution in [0.3, 0.4) is 0 Å². The minimum absolute atomic E-state index is 0.0434. The molecule has 1 aromatic heterocycles. The molecule has 4 aromatic carbocycles. The molecule has 0 radical (unpaired) electrons. The van der Waals surface area contributed by atoms with E-state index in [0.29, 0.717) is 17.1 Å². The molecule has 0 saturated carbocycles. The number of ether oxygens (including phenoxy) is 2. The number of methoxy groups -OCH3 is 2. The number of thioether (sulfide) groups is 1. The highest BCUT2D eigenvalue weighted by Gasteiger charge is 2.54. The summed E-state index contributed by atoms with van der Waals surface area (Å²) in [5, 5.41) is 36.2. The van der Waals surface area contributed by atoms with Crippen molar-refractivity contribution in [2.45, 2.75) is 34.4 Å². The van der Waals surface area contributed by atoms with Crippen LogP contribution in [0, 0.1) is 0 Å². The molecule has 1 amide bonds. The van der Waals surface area contributed by atoms with Crippen LogP contribution < -0.4 is 20.5 Å². The van der Waals surface area contributed by atoms with Crippen molar-refractivity contribution in [2.75, 3.05) is 19.5 Å². The van der Waals surface area contributed by atoms with Gasteiger partial charge in [0.1, 0.15) is 28.8 Å². The first-order valence-electron chi connectivity index (χ1n) is 15.3. The number of hydrogen-bond donors (Lipinski definition) is 4. The Morgan fingerprint density at radius 3 is 1.83 bits per heavy atom. The minimum Gasteiger partial charge on any atom is -0.497 e. The van der Waals surface area contributed by atoms with Crippen molar-refractivity contribution in [2.24, 2.45) is 0 Å². The molecule has 4 N–H and O–H groups in total. The van der Waals surface area contributed by atoms with Gasteiger partial charge in [-0.15, -0.1) is 11.8 Å². The number of benzene rings is 4. The lowest BCUT2D eigenvalue weighted by Crippen LogP contribution is -2.51. The number of nitrogens with zero attached hydrogens (tertiary/aromatic N) is 2. The first-order chi connectivity index (χ1) is 23.3. The maximum absolute atomic E-state index is 13.3. The fourth-order valence-corrected chi connectivity index (χ4v) is 7.91. The topological polar surface area (TPSA) is 143 Å². The monoisotopic (exact) mass is 665 g/mol. The number of nitrogens with one attached hydrogen (secondary N) is 1. The summed E-state index contributed by atoms with van der Waals surface area (Å²) >= 11 is 1.08.